The second kappa shape index (κ2) is 4.65. The van der Waals surface area contributed by atoms with Crippen LogP contribution >= 0.6 is 0 Å². The summed E-state index contributed by atoms with van der Waals surface area (Å²) in [5.41, 5.74) is 3.22. The summed E-state index contributed by atoms with van der Waals surface area (Å²) in [6, 6.07) is 12.3. The topological polar surface area (TPSA) is 85.6 Å². The predicted octanol–water partition coefficient (Wildman–Crippen LogP) is 2.54. The Bertz CT molecular complexity index is 887. The molecule has 0 radical (unpaired) electrons. The first-order valence-electron chi connectivity index (χ1n) is 7.20. The number of pyridine rings is 1. The molecule has 0 amide bonds. The fourth-order valence-corrected chi connectivity index (χ4v) is 3.22. The van der Waals surface area contributed by atoms with E-state index in [9.17, 15) is 10.4 Å². The van der Waals surface area contributed by atoms with Crippen LogP contribution in [0.2, 0.25) is 0 Å². The number of hydrogen-bond acceptors (Lipinski definition) is 4. The Morgan fingerprint density at radius 1 is 1.32 bits per heavy atom. The van der Waals surface area contributed by atoms with Gasteiger partial charge in [-0.05, 0) is 41.7 Å². The van der Waals surface area contributed by atoms with E-state index >= 15 is 0 Å². The van der Waals surface area contributed by atoms with Crippen molar-refractivity contribution in [3.05, 3.63) is 48.3 Å². The van der Waals surface area contributed by atoms with Crippen molar-refractivity contribution in [3.8, 4) is 17.2 Å². The number of fused-ring (bicyclic) bond motifs is 1. The van der Waals surface area contributed by atoms with Crippen LogP contribution in [0.25, 0.3) is 22.2 Å². The standard InChI is InChI=1S/C17H14N4O/c18-10-17(7-13(22)8-17)12-3-1-2-11(6-12)14-4-5-19-16-15(14)9-20-21-16/h1-6,9,13,22H,7-8H2,(H,19,20,21). The van der Waals surface area contributed by atoms with Crippen molar-refractivity contribution in [1.82, 2.24) is 15.2 Å². The number of aromatic nitrogens is 3. The smallest absolute Gasteiger partial charge is 0.155 e. The van der Waals surface area contributed by atoms with Crippen LogP contribution in [0.15, 0.2) is 42.7 Å². The van der Waals surface area contributed by atoms with E-state index in [2.05, 4.69) is 21.3 Å². The Hall–Kier alpha value is -2.71. The average molecular weight is 290 g/mol. The molecule has 5 nitrogen and oxygen atoms in total. The Kier molecular flexibility index (Phi) is 2.75. The van der Waals surface area contributed by atoms with Crippen LogP contribution in [0.5, 0.6) is 0 Å². The summed E-state index contributed by atoms with van der Waals surface area (Å²) in [5.74, 6) is 0. The molecule has 0 bridgehead atoms. The van der Waals surface area contributed by atoms with Gasteiger partial charge in [-0.25, -0.2) is 4.98 Å². The molecular weight excluding hydrogens is 276 g/mol. The van der Waals surface area contributed by atoms with Crippen molar-refractivity contribution in [2.24, 2.45) is 0 Å². The monoisotopic (exact) mass is 290 g/mol. The molecule has 3 aromatic rings. The zero-order chi connectivity index (χ0) is 15.2. The molecule has 1 fully saturated rings. The van der Waals surface area contributed by atoms with Gasteiger partial charge in [0.25, 0.3) is 0 Å². The molecule has 108 valence electrons. The molecule has 2 aromatic heterocycles. The van der Waals surface area contributed by atoms with Crippen LogP contribution in [-0.4, -0.2) is 26.4 Å². The van der Waals surface area contributed by atoms with E-state index in [-0.39, 0.29) is 6.10 Å². The number of H-pyrrole nitrogens is 1. The van der Waals surface area contributed by atoms with Gasteiger partial charge >= 0.3 is 0 Å². The van der Waals surface area contributed by atoms with Crippen LogP contribution in [-0.2, 0) is 5.41 Å². The van der Waals surface area contributed by atoms with E-state index < -0.39 is 5.41 Å². The highest BCUT2D eigenvalue weighted by atomic mass is 16.3. The molecule has 5 heteroatoms. The zero-order valence-electron chi connectivity index (χ0n) is 11.8. The Balaban J connectivity index is 1.83. The van der Waals surface area contributed by atoms with Crippen LogP contribution < -0.4 is 0 Å². The summed E-state index contributed by atoms with van der Waals surface area (Å²) in [4.78, 5) is 4.25. The molecule has 2 heterocycles. The van der Waals surface area contributed by atoms with Crippen LogP contribution in [0.4, 0.5) is 0 Å². The first kappa shape index (κ1) is 13.0. The van der Waals surface area contributed by atoms with E-state index in [0.29, 0.717) is 12.8 Å². The van der Waals surface area contributed by atoms with Gasteiger partial charge in [0.15, 0.2) is 5.65 Å². The number of aliphatic hydroxyl groups excluding tert-OH is 1. The number of aromatic amines is 1. The number of benzene rings is 1. The normalized spacial score (nSPS) is 23.9. The molecule has 0 unspecified atom stereocenters. The Morgan fingerprint density at radius 3 is 2.95 bits per heavy atom. The van der Waals surface area contributed by atoms with Crippen molar-refractivity contribution < 1.29 is 5.11 Å². The quantitative estimate of drug-likeness (QED) is 0.759. The molecule has 0 aliphatic heterocycles. The molecule has 4 rings (SSSR count). The minimum Gasteiger partial charge on any atom is -0.393 e. The molecule has 1 aromatic carbocycles. The minimum absolute atomic E-state index is 0.371. The summed E-state index contributed by atoms with van der Waals surface area (Å²) in [7, 11) is 0. The van der Waals surface area contributed by atoms with Gasteiger partial charge in [-0.1, -0.05) is 18.2 Å². The number of nitriles is 1. The maximum Gasteiger partial charge on any atom is 0.155 e. The molecule has 22 heavy (non-hydrogen) atoms. The summed E-state index contributed by atoms with van der Waals surface area (Å²) in [6.07, 6.45) is 4.15. The molecule has 0 saturated heterocycles. The number of nitrogens with zero attached hydrogens (tertiary/aromatic N) is 3. The second-order valence-electron chi connectivity index (χ2n) is 5.83. The van der Waals surface area contributed by atoms with Gasteiger partial charge in [0.05, 0.1) is 23.8 Å². The zero-order valence-corrected chi connectivity index (χ0v) is 11.8. The lowest BCUT2D eigenvalue weighted by atomic mass is 9.63. The van der Waals surface area contributed by atoms with E-state index in [1.54, 1.807) is 12.4 Å². The molecule has 1 aliphatic rings. The average Bonchev–Trinajstić information content (AvgIpc) is 3.00. The Labute approximate surface area is 127 Å². The van der Waals surface area contributed by atoms with Crippen molar-refractivity contribution in [3.63, 3.8) is 0 Å². The largest absolute Gasteiger partial charge is 0.393 e. The van der Waals surface area contributed by atoms with Gasteiger partial charge in [-0.3, -0.25) is 5.10 Å². The van der Waals surface area contributed by atoms with Gasteiger partial charge < -0.3 is 5.11 Å². The van der Waals surface area contributed by atoms with Crippen LogP contribution in [0.1, 0.15) is 18.4 Å². The summed E-state index contributed by atoms with van der Waals surface area (Å²) in [5, 5.41) is 27.0. The fraction of sp³-hybridized carbons (Fsp3) is 0.235. The maximum absolute atomic E-state index is 9.60. The first-order chi connectivity index (χ1) is 10.7. The van der Waals surface area contributed by atoms with E-state index in [0.717, 1.165) is 27.7 Å². The van der Waals surface area contributed by atoms with Crippen molar-refractivity contribution in [1.29, 1.82) is 5.26 Å². The summed E-state index contributed by atoms with van der Waals surface area (Å²) in [6.45, 7) is 0. The maximum atomic E-state index is 9.60. The van der Waals surface area contributed by atoms with Gasteiger partial charge in [-0.2, -0.15) is 10.4 Å². The van der Waals surface area contributed by atoms with Gasteiger partial charge in [0.2, 0.25) is 0 Å². The van der Waals surface area contributed by atoms with E-state index in [4.69, 9.17) is 0 Å². The van der Waals surface area contributed by atoms with Crippen molar-refractivity contribution in [2.45, 2.75) is 24.4 Å². The molecule has 0 spiro atoms. The van der Waals surface area contributed by atoms with Crippen molar-refractivity contribution >= 4 is 11.0 Å². The molecule has 1 aliphatic carbocycles. The van der Waals surface area contributed by atoms with Gasteiger partial charge in [0, 0.05) is 11.6 Å². The third kappa shape index (κ3) is 1.81. The SMILES string of the molecule is N#CC1(c2cccc(-c3ccnc4[nH]ncc34)c2)CC(O)C1. The van der Waals surface area contributed by atoms with Crippen LogP contribution in [0.3, 0.4) is 0 Å². The fourth-order valence-electron chi connectivity index (χ4n) is 3.22. The highest BCUT2D eigenvalue weighted by molar-refractivity contribution is 5.92. The van der Waals surface area contributed by atoms with Gasteiger partial charge in [-0.15, -0.1) is 0 Å². The third-order valence-corrected chi connectivity index (χ3v) is 4.46. The molecule has 2 N–H and O–H groups in total. The lowest BCUT2D eigenvalue weighted by molar-refractivity contribution is 0.0447. The lowest BCUT2D eigenvalue weighted by Crippen LogP contribution is -2.43. The highest BCUT2D eigenvalue weighted by Crippen LogP contribution is 2.44. The molecule has 1 saturated carbocycles. The number of aliphatic hydroxyl groups is 1. The lowest BCUT2D eigenvalue weighted by Gasteiger charge is -2.40. The minimum atomic E-state index is -0.558. The second-order valence-corrected chi connectivity index (χ2v) is 5.83. The number of rotatable bonds is 2. The third-order valence-electron chi connectivity index (χ3n) is 4.46. The van der Waals surface area contributed by atoms with E-state index in [1.807, 2.05) is 30.3 Å². The first-order valence-corrected chi connectivity index (χ1v) is 7.20. The number of nitrogens with one attached hydrogen (secondary N) is 1. The van der Waals surface area contributed by atoms with Gasteiger partial charge in [0.1, 0.15) is 0 Å². The highest BCUT2D eigenvalue weighted by Gasteiger charge is 2.45. The van der Waals surface area contributed by atoms with Crippen molar-refractivity contribution in [2.75, 3.05) is 0 Å². The molecule has 0 atom stereocenters. The molecular formula is C17H14N4O. The Morgan fingerprint density at radius 2 is 2.18 bits per heavy atom. The summed E-state index contributed by atoms with van der Waals surface area (Å²) >= 11 is 0. The number of hydrogen-bond donors (Lipinski definition) is 2. The summed E-state index contributed by atoms with van der Waals surface area (Å²) < 4.78 is 0. The van der Waals surface area contributed by atoms with E-state index in [1.165, 1.54) is 0 Å². The predicted molar refractivity (Wildman–Crippen MR) is 81.9 cm³/mol. The van der Waals surface area contributed by atoms with Crippen LogP contribution in [0, 0.1) is 11.3 Å².